The quantitative estimate of drug-likeness (QED) is 0.701. The molecule has 0 unspecified atom stereocenters. The molecule has 0 fully saturated rings. The summed E-state index contributed by atoms with van der Waals surface area (Å²) >= 11 is 0. The summed E-state index contributed by atoms with van der Waals surface area (Å²) in [7, 11) is 0. The van der Waals surface area contributed by atoms with Crippen LogP contribution in [0.5, 0.6) is 0 Å². The Labute approximate surface area is 181 Å². The van der Waals surface area contributed by atoms with Gasteiger partial charge in [-0.2, -0.15) is 0 Å². The van der Waals surface area contributed by atoms with Crippen LogP contribution in [0.15, 0.2) is 48.5 Å². The molecule has 2 N–H and O–H groups in total. The molecule has 0 atom stereocenters. The second-order valence-electron chi connectivity index (χ2n) is 7.40. The van der Waals surface area contributed by atoms with Gasteiger partial charge in [-0.1, -0.05) is 54.5 Å². The van der Waals surface area contributed by atoms with E-state index in [-0.39, 0.29) is 25.1 Å². The normalized spacial score (nSPS) is 11.7. The van der Waals surface area contributed by atoms with Crippen molar-refractivity contribution >= 4 is 18.0 Å². The molecule has 1 aliphatic carbocycles. The molecule has 31 heavy (non-hydrogen) atoms. The zero-order chi connectivity index (χ0) is 22.4. The van der Waals surface area contributed by atoms with Crippen LogP contribution in [-0.2, 0) is 14.3 Å². The molecule has 7 heteroatoms. The first-order chi connectivity index (χ1) is 14.9. The molecule has 0 aromatic heterocycles. The third-order valence-electron chi connectivity index (χ3n) is 5.05. The molecule has 1 aliphatic rings. The van der Waals surface area contributed by atoms with Crippen molar-refractivity contribution in [2.75, 3.05) is 19.7 Å². The number of benzene rings is 2. The van der Waals surface area contributed by atoms with Gasteiger partial charge < -0.3 is 20.1 Å². The maximum Gasteiger partial charge on any atom is 0.407 e. The Hall–Kier alpha value is -3.79. The first kappa shape index (κ1) is 21.9. The molecule has 2 amide bonds. The molecule has 0 spiro atoms. The third kappa shape index (κ3) is 5.23. The van der Waals surface area contributed by atoms with E-state index in [1.807, 2.05) is 36.4 Å². The van der Waals surface area contributed by atoms with Crippen molar-refractivity contribution < 1.29 is 24.2 Å². The number of nitrogens with one attached hydrogen (secondary N) is 1. The van der Waals surface area contributed by atoms with Crippen LogP contribution in [0.25, 0.3) is 11.1 Å². The van der Waals surface area contributed by atoms with Crippen LogP contribution >= 0.6 is 0 Å². The van der Waals surface area contributed by atoms with Crippen LogP contribution in [0.4, 0.5) is 4.79 Å². The number of aliphatic carboxylic acids is 1. The van der Waals surface area contributed by atoms with Crippen molar-refractivity contribution in [3.05, 3.63) is 59.7 Å². The van der Waals surface area contributed by atoms with E-state index in [2.05, 4.69) is 29.3 Å². The van der Waals surface area contributed by atoms with Crippen molar-refractivity contribution in [2.45, 2.75) is 25.8 Å². The Morgan fingerprint density at radius 1 is 1.06 bits per heavy atom. The van der Waals surface area contributed by atoms with Crippen LogP contribution in [0, 0.1) is 11.8 Å². The number of carbonyl (C=O) groups excluding carboxylic acids is 2. The van der Waals surface area contributed by atoms with Crippen LogP contribution < -0.4 is 5.32 Å². The number of ether oxygens (including phenoxy) is 1. The number of fused-ring (bicyclic) bond motifs is 3. The zero-order valence-corrected chi connectivity index (χ0v) is 17.4. The summed E-state index contributed by atoms with van der Waals surface area (Å²) in [5.74, 6) is 3.13. The minimum absolute atomic E-state index is 0.0403. The number of rotatable bonds is 6. The van der Waals surface area contributed by atoms with E-state index < -0.39 is 24.5 Å². The number of hydrogen-bond donors (Lipinski definition) is 2. The van der Waals surface area contributed by atoms with Crippen molar-refractivity contribution in [3.63, 3.8) is 0 Å². The summed E-state index contributed by atoms with van der Waals surface area (Å²) in [6, 6.07) is 15.8. The lowest BCUT2D eigenvalue weighted by Gasteiger charge is -2.21. The van der Waals surface area contributed by atoms with Gasteiger partial charge in [-0.15, -0.1) is 0 Å². The lowest BCUT2D eigenvalue weighted by atomic mass is 9.98. The highest BCUT2D eigenvalue weighted by atomic mass is 16.5. The Kier molecular flexibility index (Phi) is 6.93. The fraction of sp³-hybridized carbons (Fsp3) is 0.292. The van der Waals surface area contributed by atoms with Crippen molar-refractivity contribution in [3.8, 4) is 23.0 Å². The van der Waals surface area contributed by atoms with Gasteiger partial charge in [0.15, 0.2) is 0 Å². The first-order valence-corrected chi connectivity index (χ1v) is 9.98. The lowest BCUT2D eigenvalue weighted by molar-refractivity contribution is -0.143. The van der Waals surface area contributed by atoms with Gasteiger partial charge in [0.05, 0.1) is 6.54 Å². The smallest absolute Gasteiger partial charge is 0.407 e. The predicted octanol–water partition coefficient (Wildman–Crippen LogP) is 2.85. The maximum atomic E-state index is 12.1. The minimum atomic E-state index is -1.11. The number of nitrogens with zero attached hydrogens (tertiary/aromatic N) is 1. The van der Waals surface area contributed by atoms with Gasteiger partial charge >= 0.3 is 12.1 Å². The predicted molar refractivity (Wildman–Crippen MR) is 115 cm³/mol. The molecule has 7 nitrogen and oxygen atoms in total. The van der Waals surface area contributed by atoms with Crippen LogP contribution in [0.2, 0.25) is 0 Å². The minimum Gasteiger partial charge on any atom is -0.480 e. The van der Waals surface area contributed by atoms with E-state index >= 15 is 0 Å². The summed E-state index contributed by atoms with van der Waals surface area (Å²) in [5, 5.41) is 11.4. The summed E-state index contributed by atoms with van der Waals surface area (Å²) in [4.78, 5) is 36.1. The number of carbonyl (C=O) groups is 3. The van der Waals surface area contributed by atoms with Crippen LogP contribution in [0.1, 0.15) is 30.9 Å². The number of carboxylic acids is 1. The average molecular weight is 420 g/mol. The SMILES string of the molecule is CC(C)N(CC(=O)O)C(=O)C#CCNC(=O)OCC1c2ccccc2-c2ccccc21. The molecule has 0 bridgehead atoms. The Balaban J connectivity index is 1.54. The average Bonchev–Trinajstić information content (AvgIpc) is 3.07. The summed E-state index contributed by atoms with van der Waals surface area (Å²) in [5.41, 5.74) is 4.53. The van der Waals surface area contributed by atoms with Crippen LogP contribution in [-0.4, -0.2) is 53.7 Å². The Morgan fingerprint density at radius 2 is 1.65 bits per heavy atom. The summed E-state index contributed by atoms with van der Waals surface area (Å²) in [6.07, 6.45) is -0.630. The molecule has 160 valence electrons. The van der Waals surface area contributed by atoms with E-state index in [1.54, 1.807) is 13.8 Å². The second-order valence-corrected chi connectivity index (χ2v) is 7.40. The van der Waals surface area contributed by atoms with E-state index in [0.29, 0.717) is 0 Å². The van der Waals surface area contributed by atoms with E-state index in [4.69, 9.17) is 9.84 Å². The number of amides is 2. The van der Waals surface area contributed by atoms with Crippen molar-refractivity contribution in [2.24, 2.45) is 0 Å². The van der Waals surface area contributed by atoms with Gasteiger partial charge in [0, 0.05) is 12.0 Å². The highest BCUT2D eigenvalue weighted by molar-refractivity contribution is 5.95. The highest BCUT2D eigenvalue weighted by Gasteiger charge is 2.28. The molecule has 0 saturated heterocycles. The fourth-order valence-electron chi connectivity index (χ4n) is 3.59. The molecule has 0 aliphatic heterocycles. The van der Waals surface area contributed by atoms with Gasteiger partial charge in [0.1, 0.15) is 13.2 Å². The fourth-order valence-corrected chi connectivity index (χ4v) is 3.59. The monoisotopic (exact) mass is 420 g/mol. The lowest BCUT2D eigenvalue weighted by Crippen LogP contribution is -2.40. The van der Waals surface area contributed by atoms with E-state index in [9.17, 15) is 14.4 Å². The molecule has 2 aromatic rings. The van der Waals surface area contributed by atoms with Gasteiger partial charge in [-0.25, -0.2) is 4.79 Å². The maximum absolute atomic E-state index is 12.1. The van der Waals surface area contributed by atoms with Gasteiger partial charge in [-0.3, -0.25) is 9.59 Å². The van der Waals surface area contributed by atoms with E-state index in [0.717, 1.165) is 27.2 Å². The standard InChI is InChI=1S/C24H24N2O5/c1-16(2)26(14-23(28)29)22(27)12-7-13-25-24(30)31-15-21-19-10-5-3-8-17(19)18-9-4-6-11-20(18)21/h3-6,8-11,16,21H,13-15H2,1-2H3,(H,25,30)(H,28,29). The molecule has 0 heterocycles. The largest absolute Gasteiger partial charge is 0.480 e. The molecule has 0 saturated carbocycles. The molecule has 2 aromatic carbocycles. The van der Waals surface area contributed by atoms with Gasteiger partial charge in [0.2, 0.25) is 0 Å². The third-order valence-corrected chi connectivity index (χ3v) is 5.05. The number of carboxylic acid groups (broad SMARTS) is 1. The van der Waals surface area contributed by atoms with Crippen LogP contribution in [0.3, 0.4) is 0 Å². The van der Waals surface area contributed by atoms with Gasteiger partial charge in [0.25, 0.3) is 5.91 Å². The molecular formula is C24H24N2O5. The summed E-state index contributed by atoms with van der Waals surface area (Å²) < 4.78 is 5.39. The van der Waals surface area contributed by atoms with E-state index in [1.165, 1.54) is 0 Å². The second kappa shape index (κ2) is 9.81. The Morgan fingerprint density at radius 3 is 2.19 bits per heavy atom. The summed E-state index contributed by atoms with van der Waals surface area (Å²) in [6.45, 7) is 3.09. The molecular weight excluding hydrogens is 396 g/mol. The number of hydrogen-bond acceptors (Lipinski definition) is 4. The molecule has 3 rings (SSSR count). The van der Waals surface area contributed by atoms with Crippen molar-refractivity contribution in [1.82, 2.24) is 10.2 Å². The zero-order valence-electron chi connectivity index (χ0n) is 17.4. The highest BCUT2D eigenvalue weighted by Crippen LogP contribution is 2.44. The molecule has 0 radical (unpaired) electrons. The Bertz CT molecular complexity index is 1010. The first-order valence-electron chi connectivity index (χ1n) is 9.98. The number of alkyl carbamates (subject to hydrolysis) is 1. The van der Waals surface area contributed by atoms with Gasteiger partial charge in [-0.05, 0) is 42.0 Å². The topological polar surface area (TPSA) is 95.9 Å². The van der Waals surface area contributed by atoms with Crippen molar-refractivity contribution in [1.29, 1.82) is 0 Å².